The number of amides is 1. The summed E-state index contributed by atoms with van der Waals surface area (Å²) in [5.74, 6) is 1.27. The van der Waals surface area contributed by atoms with Crippen molar-refractivity contribution in [3.63, 3.8) is 0 Å². The molecule has 0 bridgehead atoms. The van der Waals surface area contributed by atoms with Gasteiger partial charge in [-0.05, 0) is 68.7 Å². The maximum Gasteiger partial charge on any atom is 0.274 e. The smallest absolute Gasteiger partial charge is 0.274 e. The molecule has 172 valence electrons. The first-order valence-corrected chi connectivity index (χ1v) is 12.2. The van der Waals surface area contributed by atoms with E-state index in [0.29, 0.717) is 18.8 Å². The van der Waals surface area contributed by atoms with Gasteiger partial charge in [-0.3, -0.25) is 14.9 Å². The van der Waals surface area contributed by atoms with E-state index in [0.717, 1.165) is 73.3 Å². The normalized spacial score (nSPS) is 18.1. The second-order valence-corrected chi connectivity index (χ2v) is 9.14. The van der Waals surface area contributed by atoms with E-state index in [-0.39, 0.29) is 11.8 Å². The van der Waals surface area contributed by atoms with Gasteiger partial charge in [0.2, 0.25) is 0 Å². The molecule has 1 saturated heterocycles. The van der Waals surface area contributed by atoms with Crippen LogP contribution in [0.2, 0.25) is 0 Å². The molecule has 6 heteroatoms. The number of aromatic nitrogens is 3. The first-order valence-electron chi connectivity index (χ1n) is 12.2. The minimum Gasteiger partial charge on any atom is -0.494 e. The molecule has 2 aromatic heterocycles. The molecule has 3 aromatic rings. The van der Waals surface area contributed by atoms with Gasteiger partial charge in [0.05, 0.1) is 6.61 Å². The number of nitrogens with one attached hydrogen (secondary N) is 1. The Kier molecular flexibility index (Phi) is 6.42. The van der Waals surface area contributed by atoms with Crippen LogP contribution in [0.4, 0.5) is 0 Å². The predicted molar refractivity (Wildman–Crippen MR) is 128 cm³/mol. The van der Waals surface area contributed by atoms with Crippen molar-refractivity contribution in [2.45, 2.75) is 57.8 Å². The highest BCUT2D eigenvalue weighted by Gasteiger charge is 2.30. The number of carbonyl (C=O) groups is 1. The standard InChI is InChI=1S/C27H32N4O2/c1-2-33-25-12-6-3-8-20(25)16-19-13-14-23(28-17-19)21-9-7-15-31(18-21)27(32)26-22-10-4-5-11-24(22)29-30-26/h3,6,8,12-14,17,21H,2,4-5,7,9-11,15-16,18H2,1H3,(H,29,30). The Bertz CT molecular complexity index is 1110. The largest absolute Gasteiger partial charge is 0.494 e. The monoisotopic (exact) mass is 444 g/mol. The molecule has 1 N–H and O–H groups in total. The van der Waals surface area contributed by atoms with E-state index in [9.17, 15) is 4.79 Å². The lowest BCUT2D eigenvalue weighted by Crippen LogP contribution is -2.40. The number of rotatable bonds is 6. The van der Waals surface area contributed by atoms with E-state index in [4.69, 9.17) is 9.72 Å². The molecule has 1 atom stereocenters. The number of carbonyl (C=O) groups excluding carboxylic acids is 1. The number of hydrogen-bond acceptors (Lipinski definition) is 4. The van der Waals surface area contributed by atoms with Crippen LogP contribution in [0.5, 0.6) is 5.75 Å². The molecule has 2 aliphatic rings. The van der Waals surface area contributed by atoms with Crippen molar-refractivity contribution in [2.75, 3.05) is 19.7 Å². The van der Waals surface area contributed by atoms with Crippen LogP contribution in [0, 0.1) is 0 Å². The number of fused-ring (bicyclic) bond motifs is 1. The van der Waals surface area contributed by atoms with E-state index in [2.05, 4.69) is 28.4 Å². The summed E-state index contributed by atoms with van der Waals surface area (Å²) in [7, 11) is 0. The summed E-state index contributed by atoms with van der Waals surface area (Å²) in [4.78, 5) is 20.0. The predicted octanol–water partition coefficient (Wildman–Crippen LogP) is 4.69. The second-order valence-electron chi connectivity index (χ2n) is 9.14. The van der Waals surface area contributed by atoms with E-state index in [1.165, 1.54) is 12.0 Å². The quantitative estimate of drug-likeness (QED) is 0.599. The van der Waals surface area contributed by atoms with E-state index >= 15 is 0 Å². The Morgan fingerprint density at radius 2 is 2.03 bits per heavy atom. The minimum absolute atomic E-state index is 0.0725. The van der Waals surface area contributed by atoms with Crippen molar-refractivity contribution in [1.29, 1.82) is 0 Å². The number of aryl methyl sites for hydroxylation is 1. The van der Waals surface area contributed by atoms with E-state index < -0.39 is 0 Å². The Morgan fingerprint density at radius 3 is 2.88 bits per heavy atom. The zero-order valence-electron chi connectivity index (χ0n) is 19.3. The number of piperidine rings is 1. The number of nitrogens with zero attached hydrogens (tertiary/aromatic N) is 3. The summed E-state index contributed by atoms with van der Waals surface area (Å²) < 4.78 is 5.76. The molecular weight excluding hydrogens is 412 g/mol. The summed E-state index contributed by atoms with van der Waals surface area (Å²) in [5.41, 5.74) is 6.34. The molecule has 1 fully saturated rings. The van der Waals surface area contributed by atoms with Crippen LogP contribution in [0.15, 0.2) is 42.6 Å². The highest BCUT2D eigenvalue weighted by Crippen LogP contribution is 2.29. The van der Waals surface area contributed by atoms with Crippen molar-refractivity contribution in [3.8, 4) is 5.75 Å². The van der Waals surface area contributed by atoms with Crippen LogP contribution in [0.25, 0.3) is 0 Å². The van der Waals surface area contributed by atoms with E-state index in [1.807, 2.05) is 36.2 Å². The Balaban J connectivity index is 1.26. The molecule has 6 nitrogen and oxygen atoms in total. The van der Waals surface area contributed by atoms with Crippen LogP contribution in [-0.2, 0) is 19.3 Å². The van der Waals surface area contributed by atoms with Crippen molar-refractivity contribution >= 4 is 5.91 Å². The number of para-hydroxylation sites is 1. The molecule has 3 heterocycles. The fraction of sp³-hybridized carbons (Fsp3) is 0.444. The van der Waals surface area contributed by atoms with Gasteiger partial charge in [0.1, 0.15) is 5.75 Å². The number of likely N-dealkylation sites (tertiary alicyclic amines) is 1. The third-order valence-corrected chi connectivity index (χ3v) is 6.90. The number of aromatic amines is 1. The third-order valence-electron chi connectivity index (χ3n) is 6.90. The van der Waals surface area contributed by atoms with Gasteiger partial charge in [-0.2, -0.15) is 5.10 Å². The maximum atomic E-state index is 13.3. The molecule has 1 amide bonds. The second kappa shape index (κ2) is 9.77. The van der Waals surface area contributed by atoms with Crippen LogP contribution in [-0.4, -0.2) is 45.7 Å². The highest BCUT2D eigenvalue weighted by atomic mass is 16.5. The van der Waals surface area contributed by atoms with E-state index in [1.54, 1.807) is 0 Å². The first kappa shape index (κ1) is 21.7. The van der Waals surface area contributed by atoms with Gasteiger partial charge in [0.25, 0.3) is 5.91 Å². The fourth-order valence-electron chi connectivity index (χ4n) is 5.16. The number of pyridine rings is 1. The lowest BCUT2D eigenvalue weighted by molar-refractivity contribution is 0.0698. The molecule has 1 aromatic carbocycles. The van der Waals surface area contributed by atoms with Crippen LogP contribution >= 0.6 is 0 Å². The molecular formula is C27H32N4O2. The molecule has 0 radical (unpaired) electrons. The van der Waals surface area contributed by atoms with Gasteiger partial charge >= 0.3 is 0 Å². The van der Waals surface area contributed by atoms with Crippen molar-refractivity contribution in [2.24, 2.45) is 0 Å². The maximum absolute atomic E-state index is 13.3. The minimum atomic E-state index is 0.0725. The molecule has 1 aliphatic heterocycles. The summed E-state index contributed by atoms with van der Waals surface area (Å²) in [5, 5.41) is 7.51. The van der Waals surface area contributed by atoms with Crippen LogP contribution in [0.1, 0.15) is 77.1 Å². The van der Waals surface area contributed by atoms with Gasteiger partial charge < -0.3 is 9.64 Å². The number of hydrogen-bond donors (Lipinski definition) is 1. The lowest BCUT2D eigenvalue weighted by atomic mass is 9.92. The highest BCUT2D eigenvalue weighted by molar-refractivity contribution is 5.94. The summed E-state index contributed by atoms with van der Waals surface area (Å²) in [6, 6.07) is 12.5. The van der Waals surface area contributed by atoms with Crippen molar-refractivity contribution in [1.82, 2.24) is 20.1 Å². The summed E-state index contributed by atoms with van der Waals surface area (Å²) >= 11 is 0. The lowest BCUT2D eigenvalue weighted by Gasteiger charge is -2.32. The molecule has 0 saturated carbocycles. The SMILES string of the molecule is CCOc1ccccc1Cc1ccc(C2CCCN(C(=O)c3n[nH]c4c3CCCC4)C2)nc1. The number of benzene rings is 1. The number of ether oxygens (including phenoxy) is 1. The van der Waals surface area contributed by atoms with Gasteiger partial charge in [-0.15, -0.1) is 0 Å². The molecule has 1 unspecified atom stereocenters. The molecule has 1 aliphatic carbocycles. The molecule has 33 heavy (non-hydrogen) atoms. The average molecular weight is 445 g/mol. The van der Waals surface area contributed by atoms with Crippen molar-refractivity contribution in [3.05, 3.63) is 76.4 Å². The zero-order valence-corrected chi connectivity index (χ0v) is 19.3. The first-order chi connectivity index (χ1) is 16.2. The van der Waals surface area contributed by atoms with Crippen LogP contribution in [0.3, 0.4) is 0 Å². The molecule has 0 spiro atoms. The van der Waals surface area contributed by atoms with Crippen molar-refractivity contribution < 1.29 is 9.53 Å². The average Bonchev–Trinajstić information content (AvgIpc) is 3.30. The van der Waals surface area contributed by atoms with Gasteiger partial charge in [-0.25, -0.2) is 0 Å². The van der Waals surface area contributed by atoms with Gasteiger partial charge in [-0.1, -0.05) is 24.3 Å². The van der Waals surface area contributed by atoms with Crippen LogP contribution < -0.4 is 4.74 Å². The Hall–Kier alpha value is -3.15. The molecule has 5 rings (SSSR count). The number of H-pyrrole nitrogens is 1. The topological polar surface area (TPSA) is 71.1 Å². The zero-order chi connectivity index (χ0) is 22.6. The Labute approximate surface area is 195 Å². The van der Waals surface area contributed by atoms with Gasteiger partial charge in [0.15, 0.2) is 5.69 Å². The summed E-state index contributed by atoms with van der Waals surface area (Å²) in [6.07, 6.45) is 9.10. The summed E-state index contributed by atoms with van der Waals surface area (Å²) in [6.45, 7) is 4.17. The fourth-order valence-corrected chi connectivity index (χ4v) is 5.16. The third kappa shape index (κ3) is 4.65. The van der Waals surface area contributed by atoms with Gasteiger partial charge in [0, 0.05) is 48.6 Å². The Morgan fingerprint density at radius 1 is 1.15 bits per heavy atom.